The summed E-state index contributed by atoms with van der Waals surface area (Å²) in [5.41, 5.74) is 2.20. The molecular weight excluding hydrogens is 324 g/mol. The van der Waals surface area contributed by atoms with Gasteiger partial charge in [0.15, 0.2) is 0 Å². The van der Waals surface area contributed by atoms with E-state index in [1.807, 2.05) is 6.92 Å². The third-order valence-corrected chi connectivity index (χ3v) is 4.67. The fraction of sp³-hybridized carbons (Fsp3) is 0.529. The van der Waals surface area contributed by atoms with Gasteiger partial charge in [-0.25, -0.2) is 0 Å². The molecule has 25 heavy (non-hydrogen) atoms. The van der Waals surface area contributed by atoms with Gasteiger partial charge >= 0.3 is 0 Å². The van der Waals surface area contributed by atoms with E-state index in [-0.39, 0.29) is 17.9 Å². The lowest BCUT2D eigenvalue weighted by Gasteiger charge is -2.39. The Morgan fingerprint density at radius 2 is 1.44 bits per heavy atom. The summed E-state index contributed by atoms with van der Waals surface area (Å²) in [5, 5.41) is 7.69. The number of hydrogen-bond donors (Lipinski definition) is 0. The van der Waals surface area contributed by atoms with Crippen LogP contribution in [0.2, 0.25) is 0 Å². The van der Waals surface area contributed by atoms with E-state index >= 15 is 0 Å². The first-order valence-corrected chi connectivity index (χ1v) is 8.27. The lowest BCUT2D eigenvalue weighted by molar-refractivity contribution is 0.0411. The number of carbonyl (C=O) groups excluding carboxylic acids is 2. The van der Waals surface area contributed by atoms with Crippen LogP contribution in [0.4, 0.5) is 0 Å². The van der Waals surface area contributed by atoms with Crippen molar-refractivity contribution in [3.05, 3.63) is 34.0 Å². The Morgan fingerprint density at radius 3 is 1.88 bits per heavy atom. The van der Waals surface area contributed by atoms with Crippen molar-refractivity contribution in [2.75, 3.05) is 19.6 Å². The van der Waals surface area contributed by atoms with Crippen LogP contribution in [0.1, 0.15) is 50.5 Å². The SMILES string of the molecule is Cc1noc(C)c1C(=O)N1CCN(C(=O)c2c(C)noc2C)[C@H](C)C1. The molecule has 1 saturated heterocycles. The molecule has 8 heteroatoms. The number of piperazine rings is 1. The molecule has 0 saturated carbocycles. The summed E-state index contributed by atoms with van der Waals surface area (Å²) in [4.78, 5) is 29.1. The summed E-state index contributed by atoms with van der Waals surface area (Å²) < 4.78 is 10.2. The van der Waals surface area contributed by atoms with Crippen molar-refractivity contribution in [2.24, 2.45) is 0 Å². The molecule has 0 radical (unpaired) electrons. The summed E-state index contributed by atoms with van der Waals surface area (Å²) in [6.07, 6.45) is 0. The van der Waals surface area contributed by atoms with Crippen molar-refractivity contribution < 1.29 is 18.6 Å². The molecule has 1 aliphatic heterocycles. The molecule has 134 valence electrons. The van der Waals surface area contributed by atoms with E-state index in [4.69, 9.17) is 9.05 Å². The van der Waals surface area contributed by atoms with Gasteiger partial charge in [0, 0.05) is 25.7 Å². The minimum absolute atomic E-state index is 0.104. The number of aryl methyl sites for hydroxylation is 4. The summed E-state index contributed by atoms with van der Waals surface area (Å²) >= 11 is 0. The van der Waals surface area contributed by atoms with Crippen LogP contribution in [0.15, 0.2) is 9.05 Å². The first-order chi connectivity index (χ1) is 11.8. The second-order valence-corrected chi connectivity index (χ2v) is 6.50. The fourth-order valence-electron chi connectivity index (χ4n) is 3.32. The van der Waals surface area contributed by atoms with Crippen molar-refractivity contribution in [2.45, 2.75) is 40.7 Å². The highest BCUT2D eigenvalue weighted by atomic mass is 16.5. The van der Waals surface area contributed by atoms with E-state index in [9.17, 15) is 9.59 Å². The van der Waals surface area contributed by atoms with E-state index in [1.54, 1.807) is 37.5 Å². The number of hydrogen-bond acceptors (Lipinski definition) is 6. The zero-order valence-corrected chi connectivity index (χ0v) is 15.1. The van der Waals surface area contributed by atoms with Crippen LogP contribution in [0.3, 0.4) is 0 Å². The summed E-state index contributed by atoms with van der Waals surface area (Å²) in [5.74, 6) is 0.828. The van der Waals surface area contributed by atoms with E-state index in [0.29, 0.717) is 53.7 Å². The lowest BCUT2D eigenvalue weighted by Crippen LogP contribution is -2.55. The van der Waals surface area contributed by atoms with Crippen LogP contribution in [-0.2, 0) is 0 Å². The predicted octanol–water partition coefficient (Wildman–Crippen LogP) is 1.88. The zero-order valence-electron chi connectivity index (χ0n) is 15.1. The molecule has 0 N–H and O–H groups in total. The third kappa shape index (κ3) is 2.92. The maximum atomic E-state index is 12.8. The molecule has 3 heterocycles. The van der Waals surface area contributed by atoms with Crippen LogP contribution in [-0.4, -0.2) is 57.6 Å². The molecule has 0 unspecified atom stereocenters. The van der Waals surface area contributed by atoms with E-state index in [0.717, 1.165) is 0 Å². The van der Waals surface area contributed by atoms with Crippen LogP contribution in [0.25, 0.3) is 0 Å². The second-order valence-electron chi connectivity index (χ2n) is 6.50. The Labute approximate surface area is 145 Å². The van der Waals surface area contributed by atoms with Gasteiger partial charge in [-0.3, -0.25) is 9.59 Å². The van der Waals surface area contributed by atoms with Gasteiger partial charge in [-0.2, -0.15) is 0 Å². The van der Waals surface area contributed by atoms with Crippen molar-refractivity contribution in [1.82, 2.24) is 20.1 Å². The molecule has 0 spiro atoms. The lowest BCUT2D eigenvalue weighted by atomic mass is 10.1. The van der Waals surface area contributed by atoms with Gasteiger partial charge in [-0.15, -0.1) is 0 Å². The molecule has 8 nitrogen and oxygen atoms in total. The topological polar surface area (TPSA) is 92.7 Å². The molecule has 2 amide bonds. The number of nitrogens with zero attached hydrogens (tertiary/aromatic N) is 4. The van der Waals surface area contributed by atoms with Gasteiger partial charge in [0.25, 0.3) is 11.8 Å². The van der Waals surface area contributed by atoms with Gasteiger partial charge in [-0.1, -0.05) is 10.3 Å². The normalized spacial score (nSPS) is 17.9. The summed E-state index contributed by atoms with van der Waals surface area (Å²) in [7, 11) is 0. The van der Waals surface area contributed by atoms with Gasteiger partial charge in [-0.05, 0) is 34.6 Å². The number of carbonyl (C=O) groups is 2. The minimum atomic E-state index is -0.112. The molecular formula is C17H22N4O4. The maximum Gasteiger partial charge on any atom is 0.259 e. The van der Waals surface area contributed by atoms with Crippen LogP contribution >= 0.6 is 0 Å². The molecule has 3 rings (SSSR count). The minimum Gasteiger partial charge on any atom is -0.361 e. The van der Waals surface area contributed by atoms with Crippen molar-refractivity contribution >= 4 is 11.8 Å². The Hall–Kier alpha value is -2.64. The van der Waals surface area contributed by atoms with Crippen LogP contribution < -0.4 is 0 Å². The zero-order chi connectivity index (χ0) is 18.3. The molecule has 0 bridgehead atoms. The highest BCUT2D eigenvalue weighted by molar-refractivity contribution is 5.98. The molecule has 0 aromatic carbocycles. The average molecular weight is 346 g/mol. The number of rotatable bonds is 2. The molecule has 0 aliphatic carbocycles. The highest BCUT2D eigenvalue weighted by Crippen LogP contribution is 2.21. The third-order valence-electron chi connectivity index (χ3n) is 4.67. The second kappa shape index (κ2) is 6.34. The van der Waals surface area contributed by atoms with Crippen molar-refractivity contribution in [3.8, 4) is 0 Å². The molecule has 1 atom stereocenters. The molecule has 1 fully saturated rings. The standard InChI is InChI=1S/C17H22N4O4/c1-9-8-20(16(22)14-10(2)18-24-12(14)4)6-7-21(9)17(23)15-11(3)19-25-13(15)5/h9H,6-8H2,1-5H3/t9-/m1/s1. The first-order valence-electron chi connectivity index (χ1n) is 8.27. The molecule has 2 aromatic heterocycles. The fourth-order valence-corrected chi connectivity index (χ4v) is 3.32. The Balaban J connectivity index is 1.75. The highest BCUT2D eigenvalue weighted by Gasteiger charge is 2.34. The molecule has 2 aromatic rings. The number of amides is 2. The van der Waals surface area contributed by atoms with Gasteiger partial charge in [0.2, 0.25) is 0 Å². The largest absolute Gasteiger partial charge is 0.361 e. The molecule has 1 aliphatic rings. The smallest absolute Gasteiger partial charge is 0.259 e. The van der Waals surface area contributed by atoms with E-state index in [1.165, 1.54) is 0 Å². The van der Waals surface area contributed by atoms with Crippen molar-refractivity contribution in [1.29, 1.82) is 0 Å². The van der Waals surface area contributed by atoms with Crippen molar-refractivity contribution in [3.63, 3.8) is 0 Å². The Morgan fingerprint density at radius 1 is 0.920 bits per heavy atom. The monoisotopic (exact) mass is 346 g/mol. The Kier molecular flexibility index (Phi) is 4.36. The quantitative estimate of drug-likeness (QED) is 0.824. The van der Waals surface area contributed by atoms with Gasteiger partial charge in [0.1, 0.15) is 22.6 Å². The predicted molar refractivity (Wildman–Crippen MR) is 88.4 cm³/mol. The van der Waals surface area contributed by atoms with E-state index < -0.39 is 0 Å². The van der Waals surface area contributed by atoms with Crippen LogP contribution in [0.5, 0.6) is 0 Å². The number of aromatic nitrogens is 2. The first kappa shape index (κ1) is 17.2. The van der Waals surface area contributed by atoms with Gasteiger partial charge < -0.3 is 18.8 Å². The van der Waals surface area contributed by atoms with Gasteiger partial charge in [0.05, 0.1) is 11.4 Å². The average Bonchev–Trinajstić information content (AvgIpc) is 3.08. The Bertz CT molecular complexity index is 784. The maximum absolute atomic E-state index is 12.8. The van der Waals surface area contributed by atoms with Crippen LogP contribution in [0, 0.1) is 27.7 Å². The summed E-state index contributed by atoms with van der Waals surface area (Å²) in [6, 6.07) is -0.112. The summed E-state index contributed by atoms with van der Waals surface area (Å²) in [6.45, 7) is 10.3. The van der Waals surface area contributed by atoms with E-state index in [2.05, 4.69) is 10.3 Å².